The van der Waals surface area contributed by atoms with Crippen molar-refractivity contribution in [3.05, 3.63) is 0 Å². The third-order valence-electron chi connectivity index (χ3n) is 3.54. The van der Waals surface area contributed by atoms with Crippen LogP contribution in [0, 0.1) is 11.8 Å². The molecule has 1 N–H and O–H groups in total. The van der Waals surface area contributed by atoms with Crippen LogP contribution in [-0.4, -0.2) is 68.5 Å². The van der Waals surface area contributed by atoms with Crippen LogP contribution in [0.15, 0.2) is 0 Å². The lowest BCUT2D eigenvalue weighted by Crippen LogP contribution is -2.47. The van der Waals surface area contributed by atoms with E-state index in [9.17, 15) is 24.0 Å². The van der Waals surface area contributed by atoms with E-state index in [4.69, 9.17) is 18.9 Å². The summed E-state index contributed by atoms with van der Waals surface area (Å²) >= 11 is 0. The molecular formula is C20H33NO10. The lowest BCUT2D eigenvalue weighted by molar-refractivity contribution is -0.160. The molecule has 2 atom stereocenters. The average Bonchev–Trinajstić information content (AvgIpc) is 2.65. The highest BCUT2D eigenvalue weighted by molar-refractivity contribution is 5.82. The zero-order chi connectivity index (χ0) is 24.0. The lowest BCUT2D eigenvalue weighted by Gasteiger charge is -2.23. The number of carbonyl (C=O) groups excluding carboxylic acids is 5. The first-order valence-electron chi connectivity index (χ1n) is 9.95. The van der Waals surface area contributed by atoms with Crippen LogP contribution in [-0.2, 0) is 42.9 Å². The Labute approximate surface area is 182 Å². The molecule has 0 aliphatic heterocycles. The highest BCUT2D eigenvalue weighted by Gasteiger charge is 2.29. The largest absolute Gasteiger partial charge is 0.468 e. The smallest absolute Gasteiger partial charge is 0.408 e. The number of ether oxygens (including phenoxy) is 5. The molecule has 178 valence electrons. The van der Waals surface area contributed by atoms with E-state index in [-0.39, 0.29) is 32.7 Å². The molecule has 0 aromatic rings. The zero-order valence-corrected chi connectivity index (χ0v) is 18.9. The van der Waals surface area contributed by atoms with E-state index in [2.05, 4.69) is 10.1 Å². The van der Waals surface area contributed by atoms with Gasteiger partial charge in [-0.2, -0.15) is 0 Å². The van der Waals surface area contributed by atoms with Gasteiger partial charge < -0.3 is 29.0 Å². The van der Waals surface area contributed by atoms with Gasteiger partial charge in [0.25, 0.3) is 6.47 Å². The lowest BCUT2D eigenvalue weighted by atomic mass is 10.1. The second-order valence-corrected chi connectivity index (χ2v) is 7.82. The maximum Gasteiger partial charge on any atom is 0.408 e. The Morgan fingerprint density at radius 1 is 0.935 bits per heavy atom. The standard InChI is InChI=1S/C20H33NO10/c1-7-28-18(25)15(21-19(26)31-20(4,5)6)11-30-17(24)14(8-9-27-12-22)10-29-16(23)13(2)3/h12-15H,7-11H2,1-6H3,(H,21,26). The van der Waals surface area contributed by atoms with Gasteiger partial charge in [-0.3, -0.25) is 14.4 Å². The topological polar surface area (TPSA) is 144 Å². The van der Waals surface area contributed by atoms with Crippen molar-refractivity contribution in [2.45, 2.75) is 59.6 Å². The van der Waals surface area contributed by atoms with Crippen molar-refractivity contribution in [1.29, 1.82) is 0 Å². The third-order valence-corrected chi connectivity index (χ3v) is 3.54. The van der Waals surface area contributed by atoms with Gasteiger partial charge >= 0.3 is 24.0 Å². The van der Waals surface area contributed by atoms with Gasteiger partial charge in [-0.25, -0.2) is 9.59 Å². The van der Waals surface area contributed by atoms with Crippen molar-refractivity contribution in [2.75, 3.05) is 26.4 Å². The summed E-state index contributed by atoms with van der Waals surface area (Å²) in [5, 5.41) is 2.30. The normalized spacial score (nSPS) is 12.9. The Kier molecular flexibility index (Phi) is 12.9. The Bertz CT molecular complexity index is 612. The molecule has 11 nitrogen and oxygen atoms in total. The summed E-state index contributed by atoms with van der Waals surface area (Å²) in [5.74, 6) is -3.45. The number of esters is 3. The fourth-order valence-electron chi connectivity index (χ4n) is 2.02. The number of hydrogen-bond acceptors (Lipinski definition) is 10. The maximum atomic E-state index is 12.5. The molecular weight excluding hydrogens is 414 g/mol. The van der Waals surface area contributed by atoms with Crippen LogP contribution in [0.3, 0.4) is 0 Å². The van der Waals surface area contributed by atoms with E-state index >= 15 is 0 Å². The van der Waals surface area contributed by atoms with Crippen LogP contribution in [0.4, 0.5) is 4.79 Å². The monoisotopic (exact) mass is 447 g/mol. The fraction of sp³-hybridized carbons (Fsp3) is 0.750. The molecule has 0 spiro atoms. The first kappa shape index (κ1) is 28.1. The summed E-state index contributed by atoms with van der Waals surface area (Å²) in [5.41, 5.74) is -0.802. The summed E-state index contributed by atoms with van der Waals surface area (Å²) in [6.07, 6.45) is -0.852. The molecule has 0 radical (unpaired) electrons. The molecule has 0 fully saturated rings. The number of rotatable bonds is 13. The Morgan fingerprint density at radius 2 is 1.55 bits per heavy atom. The van der Waals surface area contributed by atoms with Gasteiger partial charge in [0.05, 0.1) is 25.0 Å². The van der Waals surface area contributed by atoms with Crippen LogP contribution >= 0.6 is 0 Å². The molecule has 1 amide bonds. The molecule has 0 rings (SSSR count). The predicted molar refractivity (Wildman–Crippen MR) is 107 cm³/mol. The van der Waals surface area contributed by atoms with E-state index in [1.54, 1.807) is 41.5 Å². The fourth-order valence-corrected chi connectivity index (χ4v) is 2.02. The van der Waals surface area contributed by atoms with Crippen molar-refractivity contribution < 1.29 is 47.7 Å². The Morgan fingerprint density at radius 3 is 2.06 bits per heavy atom. The second-order valence-electron chi connectivity index (χ2n) is 7.82. The Balaban J connectivity index is 5.07. The number of nitrogens with one attached hydrogen (secondary N) is 1. The minimum Gasteiger partial charge on any atom is -0.468 e. The molecule has 2 unspecified atom stereocenters. The number of carbonyl (C=O) groups is 5. The van der Waals surface area contributed by atoms with E-state index in [0.29, 0.717) is 0 Å². The van der Waals surface area contributed by atoms with Gasteiger partial charge in [-0.1, -0.05) is 13.8 Å². The highest BCUT2D eigenvalue weighted by atomic mass is 16.6. The quantitative estimate of drug-likeness (QED) is 0.190. The van der Waals surface area contributed by atoms with Gasteiger partial charge in [0.2, 0.25) is 0 Å². The van der Waals surface area contributed by atoms with Crippen molar-refractivity contribution in [1.82, 2.24) is 5.32 Å². The minimum absolute atomic E-state index is 0.0342. The number of alkyl carbamates (subject to hydrolysis) is 1. The average molecular weight is 447 g/mol. The van der Waals surface area contributed by atoms with Gasteiger partial charge in [0.1, 0.15) is 18.8 Å². The maximum absolute atomic E-state index is 12.5. The molecule has 11 heteroatoms. The van der Waals surface area contributed by atoms with Crippen LogP contribution < -0.4 is 5.32 Å². The first-order valence-corrected chi connectivity index (χ1v) is 9.95. The highest BCUT2D eigenvalue weighted by Crippen LogP contribution is 2.11. The van der Waals surface area contributed by atoms with E-state index < -0.39 is 54.1 Å². The van der Waals surface area contributed by atoms with E-state index in [1.807, 2.05) is 0 Å². The molecule has 31 heavy (non-hydrogen) atoms. The molecule has 0 aliphatic carbocycles. The molecule has 0 saturated heterocycles. The van der Waals surface area contributed by atoms with Crippen LogP contribution in [0.25, 0.3) is 0 Å². The summed E-state index contributed by atoms with van der Waals surface area (Å²) in [6, 6.07) is -1.30. The zero-order valence-electron chi connectivity index (χ0n) is 18.9. The van der Waals surface area contributed by atoms with Crippen LogP contribution in [0.2, 0.25) is 0 Å². The third kappa shape index (κ3) is 13.1. The van der Waals surface area contributed by atoms with Crippen molar-refractivity contribution in [3.63, 3.8) is 0 Å². The van der Waals surface area contributed by atoms with Crippen molar-refractivity contribution in [3.8, 4) is 0 Å². The summed E-state index contributed by atoms with van der Waals surface area (Å²) < 4.78 is 24.8. The van der Waals surface area contributed by atoms with Gasteiger partial charge in [-0.15, -0.1) is 0 Å². The van der Waals surface area contributed by atoms with E-state index in [0.717, 1.165) is 0 Å². The van der Waals surface area contributed by atoms with Crippen molar-refractivity contribution >= 4 is 30.5 Å². The number of hydrogen-bond donors (Lipinski definition) is 1. The number of amides is 1. The van der Waals surface area contributed by atoms with Crippen molar-refractivity contribution in [2.24, 2.45) is 11.8 Å². The molecule has 0 bridgehead atoms. The molecule has 0 aromatic carbocycles. The molecule has 0 aromatic heterocycles. The molecule has 0 aliphatic rings. The first-order chi connectivity index (χ1) is 14.4. The summed E-state index contributed by atoms with van der Waals surface area (Å²) in [6.45, 7) is 9.17. The molecule has 0 heterocycles. The Hall–Kier alpha value is -2.85. The van der Waals surface area contributed by atoms with Crippen LogP contribution in [0.5, 0.6) is 0 Å². The molecule has 0 saturated carbocycles. The van der Waals surface area contributed by atoms with Gasteiger partial charge in [-0.05, 0) is 34.1 Å². The SMILES string of the molecule is CCOC(=O)C(COC(=O)C(CCOC=O)COC(=O)C(C)C)NC(=O)OC(C)(C)C. The summed E-state index contributed by atoms with van der Waals surface area (Å²) in [4.78, 5) is 58.6. The van der Waals surface area contributed by atoms with Crippen LogP contribution in [0.1, 0.15) is 48.0 Å². The van der Waals surface area contributed by atoms with Gasteiger partial charge in [0, 0.05) is 0 Å². The van der Waals surface area contributed by atoms with E-state index in [1.165, 1.54) is 0 Å². The summed E-state index contributed by atoms with van der Waals surface area (Å²) in [7, 11) is 0. The van der Waals surface area contributed by atoms with Gasteiger partial charge in [0.15, 0.2) is 6.04 Å². The minimum atomic E-state index is -1.30. The predicted octanol–water partition coefficient (Wildman–Crippen LogP) is 1.36. The second kappa shape index (κ2) is 14.2.